The number of nitrogens with one attached hydrogen (secondary N) is 1. The van der Waals surface area contributed by atoms with Gasteiger partial charge >= 0.3 is 0 Å². The number of nitrogens with zero attached hydrogens (tertiary/aromatic N) is 4. The number of benzene rings is 1. The molecule has 0 radical (unpaired) electrons. The summed E-state index contributed by atoms with van der Waals surface area (Å²) in [6, 6.07) is 7.06. The molecule has 8 nitrogen and oxygen atoms in total. The van der Waals surface area contributed by atoms with Gasteiger partial charge in [-0.2, -0.15) is 5.10 Å². The molecule has 1 fully saturated rings. The van der Waals surface area contributed by atoms with Crippen LogP contribution in [0, 0.1) is 0 Å². The highest BCUT2D eigenvalue weighted by Gasteiger charge is 2.25. The van der Waals surface area contributed by atoms with Gasteiger partial charge in [0.1, 0.15) is 12.7 Å². The average Bonchev–Trinajstić information content (AvgIpc) is 3.09. The molecule has 0 bridgehead atoms. The van der Waals surface area contributed by atoms with Crippen molar-refractivity contribution in [1.29, 1.82) is 0 Å². The van der Waals surface area contributed by atoms with Crippen LogP contribution >= 0.6 is 0 Å². The molecule has 1 aliphatic heterocycles. The van der Waals surface area contributed by atoms with E-state index in [1.165, 1.54) is 16.9 Å². The summed E-state index contributed by atoms with van der Waals surface area (Å²) in [5.41, 5.74) is 1.38. The number of sulfonamides is 1. The monoisotopic (exact) mass is 349 g/mol. The molecule has 2 aromatic rings. The van der Waals surface area contributed by atoms with Gasteiger partial charge in [-0.3, -0.25) is 4.79 Å². The van der Waals surface area contributed by atoms with E-state index in [4.69, 9.17) is 0 Å². The standard InChI is InChI=1S/C15H19N5O3S/c1-24(22,23)19-8-6-13(7-9-19)18-15(21)12-2-4-14(5-3-12)20-11-16-10-17-20/h2-5,10-11,13H,6-9H2,1H3,(H,18,21). The summed E-state index contributed by atoms with van der Waals surface area (Å²) in [7, 11) is -3.15. The van der Waals surface area contributed by atoms with E-state index < -0.39 is 10.0 Å². The summed E-state index contributed by atoms with van der Waals surface area (Å²) in [5, 5.41) is 7.00. The topological polar surface area (TPSA) is 97.2 Å². The van der Waals surface area contributed by atoms with Crippen LogP contribution in [0.2, 0.25) is 0 Å². The van der Waals surface area contributed by atoms with Gasteiger partial charge in [-0.05, 0) is 37.1 Å². The Hall–Kier alpha value is -2.26. The lowest BCUT2D eigenvalue weighted by Crippen LogP contribution is -2.46. The summed E-state index contributed by atoms with van der Waals surface area (Å²) in [6.07, 6.45) is 5.49. The SMILES string of the molecule is CS(=O)(=O)N1CCC(NC(=O)c2ccc(-n3cncn3)cc2)CC1. The second-order valence-electron chi connectivity index (χ2n) is 5.80. The number of hydrogen-bond donors (Lipinski definition) is 1. The van der Waals surface area contributed by atoms with Gasteiger partial charge in [0.2, 0.25) is 10.0 Å². The number of piperidine rings is 1. The lowest BCUT2D eigenvalue weighted by molar-refractivity contribution is 0.0924. The molecule has 24 heavy (non-hydrogen) atoms. The highest BCUT2D eigenvalue weighted by molar-refractivity contribution is 7.88. The van der Waals surface area contributed by atoms with Crippen molar-refractivity contribution in [2.24, 2.45) is 0 Å². The normalized spacial score (nSPS) is 16.9. The summed E-state index contributed by atoms with van der Waals surface area (Å²) < 4.78 is 26.0. The smallest absolute Gasteiger partial charge is 0.251 e. The van der Waals surface area contributed by atoms with E-state index in [-0.39, 0.29) is 11.9 Å². The molecule has 128 valence electrons. The largest absolute Gasteiger partial charge is 0.349 e. The molecule has 1 aromatic carbocycles. The summed E-state index contributed by atoms with van der Waals surface area (Å²) in [4.78, 5) is 16.2. The summed E-state index contributed by atoms with van der Waals surface area (Å²) in [6.45, 7) is 0.879. The first-order chi connectivity index (χ1) is 11.4. The Kier molecular flexibility index (Phi) is 4.63. The van der Waals surface area contributed by atoms with E-state index >= 15 is 0 Å². The van der Waals surface area contributed by atoms with Gasteiger partial charge in [-0.25, -0.2) is 22.4 Å². The second kappa shape index (κ2) is 6.70. The number of carbonyl (C=O) groups excluding carboxylic acids is 1. The number of aromatic nitrogens is 3. The molecule has 0 spiro atoms. The van der Waals surface area contributed by atoms with Crippen LogP contribution in [0.3, 0.4) is 0 Å². The van der Waals surface area contributed by atoms with Gasteiger partial charge in [0.05, 0.1) is 11.9 Å². The number of hydrogen-bond acceptors (Lipinski definition) is 5. The van der Waals surface area contributed by atoms with Crippen LogP contribution in [0.1, 0.15) is 23.2 Å². The molecule has 0 saturated carbocycles. The van der Waals surface area contributed by atoms with Crippen molar-refractivity contribution in [3.63, 3.8) is 0 Å². The van der Waals surface area contributed by atoms with Crippen LogP contribution in [0.25, 0.3) is 5.69 Å². The van der Waals surface area contributed by atoms with Crippen LogP contribution in [0.5, 0.6) is 0 Å². The zero-order valence-electron chi connectivity index (χ0n) is 13.3. The van der Waals surface area contributed by atoms with Crippen molar-refractivity contribution in [3.8, 4) is 5.69 Å². The van der Waals surface area contributed by atoms with Crippen molar-refractivity contribution in [3.05, 3.63) is 42.5 Å². The molecule has 2 heterocycles. The summed E-state index contributed by atoms with van der Waals surface area (Å²) >= 11 is 0. The second-order valence-corrected chi connectivity index (χ2v) is 7.78. The average molecular weight is 349 g/mol. The zero-order valence-corrected chi connectivity index (χ0v) is 14.1. The number of amides is 1. The minimum Gasteiger partial charge on any atom is -0.349 e. The highest BCUT2D eigenvalue weighted by Crippen LogP contribution is 2.14. The third-order valence-corrected chi connectivity index (χ3v) is 5.37. The lowest BCUT2D eigenvalue weighted by atomic mass is 10.1. The Bertz CT molecular complexity index is 794. The van der Waals surface area contributed by atoms with Crippen molar-refractivity contribution >= 4 is 15.9 Å². The van der Waals surface area contributed by atoms with Crippen LogP contribution < -0.4 is 5.32 Å². The quantitative estimate of drug-likeness (QED) is 0.863. The van der Waals surface area contributed by atoms with Gasteiger partial charge in [0.25, 0.3) is 5.91 Å². The van der Waals surface area contributed by atoms with E-state index in [1.807, 2.05) is 0 Å². The molecule has 1 aliphatic rings. The predicted molar refractivity (Wildman–Crippen MR) is 88.3 cm³/mol. The first-order valence-electron chi connectivity index (χ1n) is 7.64. The van der Waals surface area contributed by atoms with Crippen molar-refractivity contribution in [2.75, 3.05) is 19.3 Å². The molecule has 3 rings (SSSR count). The van der Waals surface area contributed by atoms with E-state index in [0.717, 1.165) is 5.69 Å². The van der Waals surface area contributed by atoms with Crippen LogP contribution in [-0.4, -0.2) is 58.8 Å². The van der Waals surface area contributed by atoms with E-state index in [9.17, 15) is 13.2 Å². The van der Waals surface area contributed by atoms with Gasteiger partial charge in [-0.15, -0.1) is 0 Å². The Morgan fingerprint density at radius 2 is 1.88 bits per heavy atom. The molecule has 9 heteroatoms. The predicted octanol–water partition coefficient (Wildman–Crippen LogP) is 0.421. The van der Waals surface area contributed by atoms with E-state index in [0.29, 0.717) is 31.5 Å². The highest BCUT2D eigenvalue weighted by atomic mass is 32.2. The molecule has 1 aromatic heterocycles. The lowest BCUT2D eigenvalue weighted by Gasteiger charge is -2.30. The third kappa shape index (κ3) is 3.80. The zero-order chi connectivity index (χ0) is 17.2. The third-order valence-electron chi connectivity index (χ3n) is 4.07. The van der Waals surface area contributed by atoms with Gasteiger partial charge in [-0.1, -0.05) is 0 Å². The fourth-order valence-corrected chi connectivity index (χ4v) is 3.58. The molecule has 0 atom stereocenters. The Morgan fingerprint density at radius 3 is 2.42 bits per heavy atom. The van der Waals surface area contributed by atoms with Gasteiger partial charge in [0, 0.05) is 24.7 Å². The van der Waals surface area contributed by atoms with Gasteiger partial charge < -0.3 is 5.32 Å². The van der Waals surface area contributed by atoms with Crippen molar-refractivity contribution < 1.29 is 13.2 Å². The minimum atomic E-state index is -3.15. The molecule has 1 amide bonds. The van der Waals surface area contributed by atoms with Gasteiger partial charge in [0.15, 0.2) is 0 Å². The van der Waals surface area contributed by atoms with Crippen LogP contribution in [0.4, 0.5) is 0 Å². The molecule has 1 saturated heterocycles. The first-order valence-corrected chi connectivity index (χ1v) is 9.49. The molecular formula is C15H19N5O3S. The number of rotatable bonds is 4. The number of carbonyl (C=O) groups is 1. The molecule has 0 unspecified atom stereocenters. The Morgan fingerprint density at radius 1 is 1.21 bits per heavy atom. The maximum Gasteiger partial charge on any atom is 0.251 e. The maximum atomic E-state index is 12.3. The van der Waals surface area contributed by atoms with Crippen molar-refractivity contribution in [1.82, 2.24) is 24.4 Å². The molecule has 0 aliphatic carbocycles. The first kappa shape index (κ1) is 16.6. The molecule has 1 N–H and O–H groups in total. The molecular weight excluding hydrogens is 330 g/mol. The van der Waals surface area contributed by atoms with E-state index in [2.05, 4.69) is 15.4 Å². The van der Waals surface area contributed by atoms with Crippen molar-refractivity contribution in [2.45, 2.75) is 18.9 Å². The Balaban J connectivity index is 1.58. The maximum absolute atomic E-state index is 12.3. The van der Waals surface area contributed by atoms with Crippen LogP contribution in [0.15, 0.2) is 36.9 Å². The fraction of sp³-hybridized carbons (Fsp3) is 0.400. The summed E-state index contributed by atoms with van der Waals surface area (Å²) in [5.74, 6) is -0.155. The Labute approximate surface area is 140 Å². The minimum absolute atomic E-state index is 0.00880. The van der Waals surface area contributed by atoms with Crippen LogP contribution in [-0.2, 0) is 10.0 Å². The fourth-order valence-electron chi connectivity index (χ4n) is 2.71. The van der Waals surface area contributed by atoms with E-state index in [1.54, 1.807) is 35.3 Å².